The summed E-state index contributed by atoms with van der Waals surface area (Å²) in [5.41, 5.74) is 1.29. The van der Waals surface area contributed by atoms with Gasteiger partial charge in [-0.2, -0.15) is 0 Å². The number of esters is 1. The van der Waals surface area contributed by atoms with Crippen LogP contribution in [-0.4, -0.2) is 58.7 Å². The SMILES string of the molecule is C/C=C\CC.CCOC(=O)[C@@H]1CS[C@H]2CCN(CCCc3ccccc3)C(=O)N21. The fourth-order valence-electron chi connectivity index (χ4n) is 3.55. The molecule has 2 aliphatic rings. The lowest BCUT2D eigenvalue weighted by Gasteiger charge is -2.39. The molecule has 0 aliphatic carbocycles. The fourth-order valence-corrected chi connectivity index (χ4v) is 4.92. The minimum absolute atomic E-state index is 0.0117. The number of carbonyl (C=O) groups excluding carboxylic acids is 2. The highest BCUT2D eigenvalue weighted by atomic mass is 32.2. The summed E-state index contributed by atoms with van der Waals surface area (Å²) in [6.45, 7) is 7.82. The van der Waals surface area contributed by atoms with E-state index in [2.05, 4.69) is 31.2 Å². The summed E-state index contributed by atoms with van der Waals surface area (Å²) >= 11 is 1.69. The van der Waals surface area contributed by atoms with E-state index >= 15 is 0 Å². The minimum Gasteiger partial charge on any atom is -0.464 e. The number of allylic oxidation sites excluding steroid dienone is 2. The number of carbonyl (C=O) groups is 2. The number of aryl methyl sites for hydroxylation is 1. The number of fused-ring (bicyclic) bond motifs is 1. The molecule has 5 nitrogen and oxygen atoms in total. The van der Waals surface area contributed by atoms with Crippen molar-refractivity contribution in [3.05, 3.63) is 48.0 Å². The Labute approximate surface area is 179 Å². The van der Waals surface area contributed by atoms with Crippen LogP contribution in [0.2, 0.25) is 0 Å². The molecule has 6 heteroatoms. The Hall–Kier alpha value is -1.95. The number of hydrogen-bond donors (Lipinski definition) is 0. The van der Waals surface area contributed by atoms with Crippen LogP contribution in [0.1, 0.15) is 45.6 Å². The van der Waals surface area contributed by atoms with Crippen LogP contribution in [-0.2, 0) is 16.0 Å². The van der Waals surface area contributed by atoms with Crippen molar-refractivity contribution >= 4 is 23.8 Å². The number of benzene rings is 1. The first-order valence-corrected chi connectivity index (χ1v) is 11.7. The van der Waals surface area contributed by atoms with Crippen LogP contribution in [0, 0.1) is 0 Å². The van der Waals surface area contributed by atoms with E-state index in [1.807, 2.05) is 30.0 Å². The second kappa shape index (κ2) is 12.6. The molecule has 0 N–H and O–H groups in total. The largest absolute Gasteiger partial charge is 0.464 e. The van der Waals surface area contributed by atoms with Gasteiger partial charge >= 0.3 is 12.0 Å². The molecule has 3 rings (SSSR count). The molecule has 0 saturated carbocycles. The molecule has 2 fully saturated rings. The van der Waals surface area contributed by atoms with Crippen molar-refractivity contribution in [2.45, 2.75) is 57.9 Å². The third-order valence-electron chi connectivity index (χ3n) is 5.00. The van der Waals surface area contributed by atoms with Crippen LogP contribution in [0.15, 0.2) is 42.5 Å². The molecule has 1 aromatic rings. The standard InChI is InChI=1S/C18H24N2O3S.C5H10/c1-2-23-17(21)15-13-24-16-10-12-19(18(22)20(15)16)11-6-9-14-7-4-3-5-8-14;1-3-5-4-2/h3-5,7-8,15-16H,2,6,9-13H2,1H3;3,5H,4H2,1-2H3/b;5-3-/t15-,16-;/m0./s1. The van der Waals surface area contributed by atoms with Gasteiger partial charge in [-0.1, -0.05) is 49.4 Å². The summed E-state index contributed by atoms with van der Waals surface area (Å²) in [5, 5.41) is 0.122. The van der Waals surface area contributed by atoms with E-state index in [4.69, 9.17) is 4.74 Å². The van der Waals surface area contributed by atoms with E-state index in [1.54, 1.807) is 23.6 Å². The van der Waals surface area contributed by atoms with E-state index in [9.17, 15) is 9.59 Å². The third kappa shape index (κ3) is 6.81. The molecule has 2 amide bonds. The van der Waals surface area contributed by atoms with Gasteiger partial charge in [0.15, 0.2) is 0 Å². The molecule has 0 radical (unpaired) electrons. The number of thioether (sulfide) groups is 1. The molecular formula is C23H34N2O3S. The topological polar surface area (TPSA) is 49.9 Å². The molecule has 2 aliphatic heterocycles. The lowest BCUT2D eigenvalue weighted by Crippen LogP contribution is -2.56. The highest BCUT2D eigenvalue weighted by Crippen LogP contribution is 2.35. The van der Waals surface area contributed by atoms with Gasteiger partial charge < -0.3 is 9.64 Å². The number of hydrogen-bond acceptors (Lipinski definition) is 4. The Kier molecular flexibility index (Phi) is 10.1. The van der Waals surface area contributed by atoms with Crippen LogP contribution >= 0.6 is 11.8 Å². The zero-order valence-electron chi connectivity index (χ0n) is 17.9. The first-order valence-electron chi connectivity index (χ1n) is 10.6. The van der Waals surface area contributed by atoms with Crippen LogP contribution in [0.3, 0.4) is 0 Å². The van der Waals surface area contributed by atoms with Gasteiger partial charge in [0.2, 0.25) is 0 Å². The van der Waals surface area contributed by atoms with E-state index in [-0.39, 0.29) is 17.4 Å². The van der Waals surface area contributed by atoms with Gasteiger partial charge in [-0.05, 0) is 45.1 Å². The Morgan fingerprint density at radius 1 is 1.28 bits per heavy atom. The van der Waals surface area contributed by atoms with Crippen molar-refractivity contribution in [3.63, 3.8) is 0 Å². The normalized spacial score (nSPS) is 21.0. The van der Waals surface area contributed by atoms with Crippen molar-refractivity contribution in [3.8, 4) is 0 Å². The number of amides is 2. The Bertz CT molecular complexity index is 665. The zero-order chi connectivity index (χ0) is 21.1. The summed E-state index contributed by atoms with van der Waals surface area (Å²) < 4.78 is 5.13. The highest BCUT2D eigenvalue weighted by Gasteiger charge is 2.46. The molecule has 0 bridgehead atoms. The van der Waals surface area contributed by atoms with Crippen molar-refractivity contribution in [1.82, 2.24) is 9.80 Å². The molecule has 29 heavy (non-hydrogen) atoms. The molecule has 160 valence electrons. The van der Waals surface area contributed by atoms with Crippen LogP contribution < -0.4 is 0 Å². The van der Waals surface area contributed by atoms with E-state index in [0.717, 1.165) is 38.8 Å². The Balaban J connectivity index is 0.000000537. The molecule has 0 unspecified atom stereocenters. The molecule has 0 spiro atoms. The van der Waals surface area contributed by atoms with Crippen molar-refractivity contribution in [2.75, 3.05) is 25.4 Å². The van der Waals surface area contributed by atoms with Crippen molar-refractivity contribution in [1.29, 1.82) is 0 Å². The predicted molar refractivity (Wildman–Crippen MR) is 120 cm³/mol. The van der Waals surface area contributed by atoms with Gasteiger partial charge in [0.05, 0.1) is 12.0 Å². The third-order valence-corrected chi connectivity index (χ3v) is 6.35. The summed E-state index contributed by atoms with van der Waals surface area (Å²) in [6.07, 6.45) is 8.16. The number of urea groups is 1. The fraction of sp³-hybridized carbons (Fsp3) is 0.565. The van der Waals surface area contributed by atoms with Crippen LogP contribution in [0.25, 0.3) is 0 Å². The van der Waals surface area contributed by atoms with Gasteiger partial charge in [0.25, 0.3) is 0 Å². The van der Waals surface area contributed by atoms with Gasteiger partial charge in [0.1, 0.15) is 6.04 Å². The zero-order valence-corrected chi connectivity index (χ0v) is 18.7. The maximum atomic E-state index is 12.8. The van der Waals surface area contributed by atoms with Crippen molar-refractivity contribution in [2.24, 2.45) is 0 Å². The maximum Gasteiger partial charge on any atom is 0.329 e. The predicted octanol–water partition coefficient (Wildman–Crippen LogP) is 4.72. The van der Waals surface area contributed by atoms with E-state index < -0.39 is 6.04 Å². The van der Waals surface area contributed by atoms with Gasteiger partial charge in [-0.3, -0.25) is 4.90 Å². The number of rotatable bonds is 7. The van der Waals surface area contributed by atoms with Crippen LogP contribution in [0.4, 0.5) is 4.79 Å². The lowest BCUT2D eigenvalue weighted by molar-refractivity contribution is -0.147. The molecule has 1 aromatic carbocycles. The molecule has 2 heterocycles. The first kappa shape index (κ1) is 23.3. The van der Waals surface area contributed by atoms with Gasteiger partial charge in [-0.25, -0.2) is 9.59 Å². The molecule has 0 aromatic heterocycles. The van der Waals surface area contributed by atoms with E-state index in [0.29, 0.717) is 12.4 Å². The van der Waals surface area contributed by atoms with Crippen LogP contribution in [0.5, 0.6) is 0 Å². The number of nitrogens with zero attached hydrogens (tertiary/aromatic N) is 2. The average Bonchev–Trinajstić information content (AvgIpc) is 3.17. The van der Waals surface area contributed by atoms with Crippen molar-refractivity contribution < 1.29 is 14.3 Å². The van der Waals surface area contributed by atoms with E-state index in [1.165, 1.54) is 5.56 Å². The highest BCUT2D eigenvalue weighted by molar-refractivity contribution is 8.00. The lowest BCUT2D eigenvalue weighted by atomic mass is 10.1. The smallest absolute Gasteiger partial charge is 0.329 e. The Morgan fingerprint density at radius 2 is 2.03 bits per heavy atom. The molecule has 2 atom stereocenters. The Morgan fingerprint density at radius 3 is 2.66 bits per heavy atom. The first-order chi connectivity index (χ1) is 14.1. The summed E-state index contributed by atoms with van der Waals surface area (Å²) in [5.74, 6) is 0.375. The summed E-state index contributed by atoms with van der Waals surface area (Å²) in [4.78, 5) is 28.5. The second-order valence-electron chi connectivity index (χ2n) is 7.09. The molecule has 2 saturated heterocycles. The summed E-state index contributed by atoms with van der Waals surface area (Å²) in [6, 6.07) is 9.88. The van der Waals surface area contributed by atoms with Gasteiger partial charge in [0, 0.05) is 18.8 Å². The molecular weight excluding hydrogens is 384 g/mol. The maximum absolute atomic E-state index is 12.8. The minimum atomic E-state index is -0.427. The quantitative estimate of drug-likeness (QED) is 0.475. The summed E-state index contributed by atoms with van der Waals surface area (Å²) in [7, 11) is 0. The average molecular weight is 419 g/mol. The second-order valence-corrected chi connectivity index (χ2v) is 8.30. The monoisotopic (exact) mass is 418 g/mol. The number of ether oxygens (including phenoxy) is 1. The van der Waals surface area contributed by atoms with Gasteiger partial charge in [-0.15, -0.1) is 11.8 Å².